The fraction of sp³-hybridized carbons (Fsp3) is 0.320. The molecule has 4 rings (SSSR count). The van der Waals surface area contributed by atoms with Crippen LogP contribution < -0.4 is 5.73 Å². The molecule has 35 heavy (non-hydrogen) atoms. The molecule has 1 unspecified atom stereocenters. The summed E-state index contributed by atoms with van der Waals surface area (Å²) in [7, 11) is 0. The van der Waals surface area contributed by atoms with Gasteiger partial charge in [0.2, 0.25) is 0 Å². The first-order valence-corrected chi connectivity index (χ1v) is 12.3. The normalized spacial score (nSPS) is 13.1. The molecule has 0 radical (unpaired) electrons. The molecule has 3 aromatic heterocycles. The number of nitrogens with zero attached hydrogens (tertiary/aromatic N) is 5. The van der Waals surface area contributed by atoms with Crippen LogP contribution in [0.15, 0.2) is 47.8 Å². The van der Waals surface area contributed by atoms with Crippen molar-refractivity contribution in [3.8, 4) is 11.1 Å². The van der Waals surface area contributed by atoms with Crippen LogP contribution in [0, 0.1) is 9.49 Å². The van der Waals surface area contributed by atoms with Crippen molar-refractivity contribution < 1.29 is 14.6 Å². The maximum absolute atomic E-state index is 12.1. The van der Waals surface area contributed by atoms with E-state index in [1.807, 2.05) is 30.5 Å². The Morgan fingerprint density at radius 3 is 2.83 bits per heavy atom. The van der Waals surface area contributed by atoms with E-state index in [0.717, 1.165) is 31.3 Å². The Morgan fingerprint density at radius 2 is 2.09 bits per heavy atom. The molecule has 4 aromatic rings. The Hall–Kier alpha value is -3.12. The lowest BCUT2D eigenvalue weighted by molar-refractivity contribution is 0.0604. The predicted octanol–water partition coefficient (Wildman–Crippen LogP) is 4.68. The van der Waals surface area contributed by atoms with E-state index in [0.29, 0.717) is 24.2 Å². The number of aromatic nitrogens is 4. The maximum Gasteiger partial charge on any atom is 0.433 e. The van der Waals surface area contributed by atoms with Gasteiger partial charge in [0, 0.05) is 45.0 Å². The summed E-state index contributed by atoms with van der Waals surface area (Å²) in [5, 5.41) is 15.1. The van der Waals surface area contributed by atoms with Crippen molar-refractivity contribution in [3.05, 3.63) is 52.1 Å². The standard InChI is InChI=1S/C25H27IN6O3/c1-25(2,3)35-24(34)29-12-15(8-9-33)10-19-21(26)20(22-23(27)30-14-31-32(19)22)17-11-16-6-4-5-7-18(16)28-13-17/h4-7,11-15,33H,8-10H2,1-3H3,(H2,27,30,31)/b29-12-. The van der Waals surface area contributed by atoms with Crippen LogP contribution in [0.25, 0.3) is 27.5 Å². The number of aliphatic imine (C=N–C) groups is 1. The zero-order chi connectivity index (χ0) is 25.2. The summed E-state index contributed by atoms with van der Waals surface area (Å²) in [6, 6.07) is 9.99. The number of halogens is 1. The van der Waals surface area contributed by atoms with Gasteiger partial charge in [0.05, 0.1) is 11.2 Å². The Morgan fingerprint density at radius 1 is 1.31 bits per heavy atom. The summed E-state index contributed by atoms with van der Waals surface area (Å²) in [4.78, 5) is 24.9. The van der Waals surface area contributed by atoms with Gasteiger partial charge in [0.25, 0.3) is 0 Å². The predicted molar refractivity (Wildman–Crippen MR) is 144 cm³/mol. The van der Waals surface area contributed by atoms with Crippen molar-refractivity contribution in [2.45, 2.75) is 39.2 Å². The van der Waals surface area contributed by atoms with Crippen molar-refractivity contribution >= 4 is 57.1 Å². The molecule has 3 heterocycles. The smallest absolute Gasteiger partial charge is 0.433 e. The zero-order valence-corrected chi connectivity index (χ0v) is 21.9. The van der Waals surface area contributed by atoms with Gasteiger partial charge in [-0.25, -0.2) is 14.3 Å². The van der Waals surface area contributed by atoms with Gasteiger partial charge in [-0.15, -0.1) is 0 Å². The molecule has 10 heteroatoms. The lowest BCUT2D eigenvalue weighted by Crippen LogP contribution is -2.22. The van der Waals surface area contributed by atoms with Crippen LogP contribution in [-0.4, -0.2) is 49.2 Å². The number of hydrogen-bond donors (Lipinski definition) is 2. The highest BCUT2D eigenvalue weighted by atomic mass is 127. The Balaban J connectivity index is 1.77. The van der Waals surface area contributed by atoms with Crippen molar-refractivity contribution in [2.75, 3.05) is 12.3 Å². The fourth-order valence-electron chi connectivity index (χ4n) is 3.89. The summed E-state index contributed by atoms with van der Waals surface area (Å²) in [6.45, 7) is 5.31. The van der Waals surface area contributed by atoms with Crippen LogP contribution in [0.5, 0.6) is 0 Å². The van der Waals surface area contributed by atoms with E-state index in [1.165, 1.54) is 6.33 Å². The number of nitrogens with two attached hydrogens (primary N) is 1. The number of aliphatic hydroxyl groups is 1. The van der Waals surface area contributed by atoms with Crippen molar-refractivity contribution in [1.29, 1.82) is 0 Å². The molecule has 0 bridgehead atoms. The average molecular weight is 586 g/mol. The second kappa shape index (κ2) is 10.2. The number of amides is 1. The van der Waals surface area contributed by atoms with E-state index in [2.05, 4.69) is 48.7 Å². The number of aliphatic hydroxyl groups excluding tert-OH is 1. The van der Waals surface area contributed by atoms with Gasteiger partial charge in [-0.05, 0) is 68.3 Å². The van der Waals surface area contributed by atoms with E-state index >= 15 is 0 Å². The number of anilines is 1. The number of rotatable bonds is 6. The largest absolute Gasteiger partial charge is 0.442 e. The third kappa shape index (κ3) is 5.59. The summed E-state index contributed by atoms with van der Waals surface area (Å²) < 4.78 is 8.00. The molecule has 1 atom stereocenters. The first kappa shape index (κ1) is 25.0. The molecule has 182 valence electrons. The van der Waals surface area contributed by atoms with Crippen LogP contribution in [0.3, 0.4) is 0 Å². The quantitative estimate of drug-likeness (QED) is 0.248. The summed E-state index contributed by atoms with van der Waals surface area (Å²) in [5.41, 5.74) is 9.95. The Kier molecular flexibility index (Phi) is 7.31. The first-order valence-electron chi connectivity index (χ1n) is 11.2. The Bertz CT molecular complexity index is 1410. The van der Waals surface area contributed by atoms with Gasteiger partial charge >= 0.3 is 6.09 Å². The monoisotopic (exact) mass is 586 g/mol. The lowest BCUT2D eigenvalue weighted by atomic mass is 10.00. The highest BCUT2D eigenvalue weighted by Crippen LogP contribution is 2.37. The van der Waals surface area contributed by atoms with Crippen LogP contribution in [0.4, 0.5) is 10.6 Å². The highest BCUT2D eigenvalue weighted by molar-refractivity contribution is 14.1. The first-order chi connectivity index (χ1) is 16.7. The summed E-state index contributed by atoms with van der Waals surface area (Å²) in [6.07, 6.45) is 5.02. The molecule has 0 aliphatic carbocycles. The van der Waals surface area contributed by atoms with Gasteiger partial charge in [0.1, 0.15) is 17.4 Å². The second-order valence-corrected chi connectivity index (χ2v) is 10.3. The molecular weight excluding hydrogens is 559 g/mol. The number of para-hydroxylation sites is 1. The SMILES string of the molecule is CC(C)(C)OC(=O)/N=C\C(CCO)Cc1c(I)c(-c2cnc3ccccc3c2)c2c(N)ncnn12. The summed E-state index contributed by atoms with van der Waals surface area (Å²) in [5.74, 6) is 0.131. The molecule has 3 N–H and O–H groups in total. The van der Waals surface area contributed by atoms with Gasteiger partial charge in [0.15, 0.2) is 5.82 Å². The highest BCUT2D eigenvalue weighted by Gasteiger charge is 2.24. The number of ether oxygens (including phenoxy) is 1. The van der Waals surface area contributed by atoms with Crippen molar-refractivity contribution in [2.24, 2.45) is 10.9 Å². The number of benzene rings is 1. The zero-order valence-electron chi connectivity index (χ0n) is 19.8. The molecule has 0 saturated carbocycles. The minimum absolute atomic E-state index is 0.0521. The number of hydrogen-bond acceptors (Lipinski definition) is 7. The molecule has 0 aliphatic heterocycles. The molecule has 9 nitrogen and oxygen atoms in total. The van der Waals surface area contributed by atoms with Gasteiger partial charge in [-0.3, -0.25) is 4.98 Å². The van der Waals surface area contributed by atoms with E-state index in [9.17, 15) is 9.90 Å². The summed E-state index contributed by atoms with van der Waals surface area (Å²) >= 11 is 2.29. The van der Waals surface area contributed by atoms with E-state index in [-0.39, 0.29) is 12.5 Å². The lowest BCUT2D eigenvalue weighted by Gasteiger charge is -2.17. The maximum atomic E-state index is 12.1. The van der Waals surface area contributed by atoms with Gasteiger partial charge < -0.3 is 15.6 Å². The molecule has 1 amide bonds. The van der Waals surface area contributed by atoms with Crippen molar-refractivity contribution in [1.82, 2.24) is 19.6 Å². The number of nitrogen functional groups attached to an aromatic ring is 1. The molecule has 0 aliphatic rings. The topological polar surface area (TPSA) is 128 Å². The number of pyridine rings is 1. The third-order valence-electron chi connectivity index (χ3n) is 5.40. The molecule has 1 aromatic carbocycles. The minimum Gasteiger partial charge on any atom is -0.442 e. The van der Waals surface area contributed by atoms with Crippen LogP contribution in [0.1, 0.15) is 32.9 Å². The van der Waals surface area contributed by atoms with Crippen molar-refractivity contribution in [3.63, 3.8) is 0 Å². The van der Waals surface area contributed by atoms with E-state index in [4.69, 9.17) is 10.5 Å². The molecule has 0 spiro atoms. The average Bonchev–Trinajstić information content (AvgIpc) is 3.08. The van der Waals surface area contributed by atoms with E-state index in [1.54, 1.807) is 31.5 Å². The number of carbonyl (C=O) groups excluding carboxylic acids is 1. The van der Waals surface area contributed by atoms with Crippen LogP contribution in [0.2, 0.25) is 0 Å². The third-order valence-corrected chi connectivity index (χ3v) is 6.56. The van der Waals surface area contributed by atoms with Gasteiger partial charge in [-0.2, -0.15) is 10.1 Å². The number of carbonyl (C=O) groups is 1. The van der Waals surface area contributed by atoms with E-state index < -0.39 is 11.7 Å². The number of fused-ring (bicyclic) bond motifs is 2. The second-order valence-electron chi connectivity index (χ2n) is 9.19. The van der Waals surface area contributed by atoms with Crippen LogP contribution in [-0.2, 0) is 11.2 Å². The molecule has 0 fully saturated rings. The Labute approximate surface area is 216 Å². The molecular formula is C25H27IN6O3. The van der Waals surface area contributed by atoms with Gasteiger partial charge in [-0.1, -0.05) is 18.2 Å². The minimum atomic E-state index is -0.662. The fourth-order valence-corrected chi connectivity index (χ4v) is 4.91. The molecule has 0 saturated heterocycles. The van der Waals surface area contributed by atoms with Crippen LogP contribution >= 0.6 is 22.6 Å².